The summed E-state index contributed by atoms with van der Waals surface area (Å²) in [6, 6.07) is 0. The number of aromatic nitrogens is 4. The second kappa shape index (κ2) is 6.70. The molecule has 0 saturated heterocycles. The summed E-state index contributed by atoms with van der Waals surface area (Å²) in [5, 5.41) is 12.2. The standard InChI is InChI=1S/C15H25N5/c1-12(2)7-16-9-15-11-20(18-13(15)3)6-5-14-8-17-19(4)10-14/h8,10-12,16H,5-7,9H2,1-4H3. The third-order valence-corrected chi connectivity index (χ3v) is 3.30. The zero-order valence-corrected chi connectivity index (χ0v) is 12.9. The zero-order chi connectivity index (χ0) is 14.5. The second-order valence-corrected chi connectivity index (χ2v) is 5.80. The summed E-state index contributed by atoms with van der Waals surface area (Å²) in [6.45, 7) is 9.36. The van der Waals surface area contributed by atoms with Gasteiger partial charge in [0.05, 0.1) is 11.9 Å². The summed E-state index contributed by atoms with van der Waals surface area (Å²) in [6.07, 6.45) is 7.09. The highest BCUT2D eigenvalue weighted by atomic mass is 15.3. The van der Waals surface area contributed by atoms with Gasteiger partial charge in [0.15, 0.2) is 0 Å². The van der Waals surface area contributed by atoms with Gasteiger partial charge in [-0.25, -0.2) is 0 Å². The molecule has 0 bridgehead atoms. The van der Waals surface area contributed by atoms with Crippen LogP contribution >= 0.6 is 0 Å². The van der Waals surface area contributed by atoms with Crippen LogP contribution in [0.3, 0.4) is 0 Å². The van der Waals surface area contributed by atoms with Crippen molar-refractivity contribution in [3.05, 3.63) is 35.4 Å². The molecule has 0 saturated carbocycles. The minimum absolute atomic E-state index is 0.677. The Morgan fingerprint density at radius 3 is 2.75 bits per heavy atom. The topological polar surface area (TPSA) is 47.7 Å². The number of hydrogen-bond acceptors (Lipinski definition) is 3. The maximum absolute atomic E-state index is 4.58. The van der Waals surface area contributed by atoms with Crippen molar-refractivity contribution in [1.82, 2.24) is 24.9 Å². The molecular formula is C15H25N5. The molecule has 0 fully saturated rings. The van der Waals surface area contributed by atoms with Crippen molar-refractivity contribution in [2.45, 2.75) is 40.3 Å². The van der Waals surface area contributed by atoms with E-state index in [1.54, 1.807) is 0 Å². The van der Waals surface area contributed by atoms with Crippen LogP contribution in [-0.4, -0.2) is 26.1 Å². The Kier molecular flexibility index (Phi) is 4.95. The van der Waals surface area contributed by atoms with E-state index in [1.807, 2.05) is 22.6 Å². The van der Waals surface area contributed by atoms with E-state index in [9.17, 15) is 0 Å². The molecule has 2 aromatic rings. The number of aryl methyl sites for hydroxylation is 4. The second-order valence-electron chi connectivity index (χ2n) is 5.80. The predicted octanol–water partition coefficient (Wildman–Crippen LogP) is 1.91. The lowest BCUT2D eigenvalue weighted by atomic mass is 10.2. The summed E-state index contributed by atoms with van der Waals surface area (Å²) in [5.41, 5.74) is 3.66. The molecule has 0 aliphatic heterocycles. The molecule has 0 aromatic carbocycles. The number of nitrogens with one attached hydrogen (secondary N) is 1. The lowest BCUT2D eigenvalue weighted by Crippen LogP contribution is -2.19. The maximum atomic E-state index is 4.58. The van der Waals surface area contributed by atoms with Crippen molar-refractivity contribution in [1.29, 1.82) is 0 Å². The van der Waals surface area contributed by atoms with E-state index in [2.05, 4.69) is 48.7 Å². The van der Waals surface area contributed by atoms with Crippen LogP contribution in [-0.2, 0) is 26.6 Å². The van der Waals surface area contributed by atoms with Gasteiger partial charge in [0.1, 0.15) is 0 Å². The van der Waals surface area contributed by atoms with E-state index in [0.29, 0.717) is 5.92 Å². The van der Waals surface area contributed by atoms with E-state index < -0.39 is 0 Å². The van der Waals surface area contributed by atoms with Gasteiger partial charge in [-0.15, -0.1) is 0 Å². The van der Waals surface area contributed by atoms with Gasteiger partial charge in [-0.05, 0) is 31.4 Å². The predicted molar refractivity (Wildman–Crippen MR) is 80.4 cm³/mol. The van der Waals surface area contributed by atoms with E-state index in [-0.39, 0.29) is 0 Å². The van der Waals surface area contributed by atoms with Gasteiger partial charge in [0, 0.05) is 38.1 Å². The molecular weight excluding hydrogens is 250 g/mol. The lowest BCUT2D eigenvalue weighted by molar-refractivity contribution is 0.551. The Balaban J connectivity index is 1.86. The Morgan fingerprint density at radius 2 is 2.10 bits per heavy atom. The van der Waals surface area contributed by atoms with E-state index in [0.717, 1.165) is 31.7 Å². The van der Waals surface area contributed by atoms with Crippen molar-refractivity contribution < 1.29 is 0 Å². The van der Waals surface area contributed by atoms with E-state index in [1.165, 1.54) is 11.1 Å². The minimum atomic E-state index is 0.677. The normalized spacial score (nSPS) is 11.4. The molecule has 20 heavy (non-hydrogen) atoms. The van der Waals surface area contributed by atoms with Crippen LogP contribution < -0.4 is 5.32 Å². The molecule has 2 rings (SSSR count). The first-order valence-electron chi connectivity index (χ1n) is 7.25. The zero-order valence-electron chi connectivity index (χ0n) is 12.9. The molecule has 0 aliphatic rings. The van der Waals surface area contributed by atoms with Gasteiger partial charge in [0.25, 0.3) is 0 Å². The average Bonchev–Trinajstić information content (AvgIpc) is 2.93. The van der Waals surface area contributed by atoms with Gasteiger partial charge in [-0.3, -0.25) is 9.36 Å². The molecule has 0 radical (unpaired) electrons. The third-order valence-electron chi connectivity index (χ3n) is 3.30. The summed E-state index contributed by atoms with van der Waals surface area (Å²) in [7, 11) is 1.94. The first-order chi connectivity index (χ1) is 9.54. The number of rotatable bonds is 7. The van der Waals surface area contributed by atoms with Crippen LogP contribution in [0, 0.1) is 12.8 Å². The fourth-order valence-electron chi connectivity index (χ4n) is 2.19. The number of nitrogens with zero attached hydrogens (tertiary/aromatic N) is 4. The van der Waals surface area contributed by atoms with Crippen molar-refractivity contribution in [3.63, 3.8) is 0 Å². The summed E-state index contributed by atoms with van der Waals surface area (Å²) in [5.74, 6) is 0.677. The highest BCUT2D eigenvalue weighted by Crippen LogP contribution is 2.07. The summed E-state index contributed by atoms with van der Waals surface area (Å²) >= 11 is 0. The van der Waals surface area contributed by atoms with Gasteiger partial charge in [-0.1, -0.05) is 13.8 Å². The van der Waals surface area contributed by atoms with Crippen LogP contribution in [0.2, 0.25) is 0 Å². The lowest BCUT2D eigenvalue weighted by Gasteiger charge is -2.05. The molecule has 1 N–H and O–H groups in total. The molecule has 0 atom stereocenters. The smallest absolute Gasteiger partial charge is 0.0638 e. The fraction of sp³-hybridized carbons (Fsp3) is 0.600. The van der Waals surface area contributed by atoms with Crippen LogP contribution in [0.5, 0.6) is 0 Å². The Labute approximate surface area is 121 Å². The third kappa shape index (κ3) is 4.20. The summed E-state index contributed by atoms with van der Waals surface area (Å²) in [4.78, 5) is 0. The molecule has 0 aliphatic carbocycles. The maximum Gasteiger partial charge on any atom is 0.0638 e. The molecule has 0 unspecified atom stereocenters. The highest BCUT2D eigenvalue weighted by molar-refractivity contribution is 5.15. The Bertz CT molecular complexity index is 538. The Hall–Kier alpha value is -1.62. The van der Waals surface area contributed by atoms with E-state index >= 15 is 0 Å². The molecule has 5 heteroatoms. The molecule has 2 heterocycles. The first kappa shape index (κ1) is 14.8. The average molecular weight is 275 g/mol. The van der Waals surface area contributed by atoms with Gasteiger partial charge in [-0.2, -0.15) is 10.2 Å². The van der Waals surface area contributed by atoms with Crippen LogP contribution in [0.25, 0.3) is 0 Å². The molecule has 5 nitrogen and oxygen atoms in total. The van der Waals surface area contributed by atoms with Gasteiger partial charge >= 0.3 is 0 Å². The SMILES string of the molecule is Cc1nn(CCc2cnn(C)c2)cc1CNCC(C)C. The van der Waals surface area contributed by atoms with Crippen LogP contribution in [0.15, 0.2) is 18.6 Å². The number of hydrogen-bond donors (Lipinski definition) is 1. The molecule has 0 amide bonds. The minimum Gasteiger partial charge on any atom is -0.312 e. The quantitative estimate of drug-likeness (QED) is 0.839. The molecule has 110 valence electrons. The first-order valence-corrected chi connectivity index (χ1v) is 7.25. The summed E-state index contributed by atoms with van der Waals surface area (Å²) < 4.78 is 3.87. The van der Waals surface area contributed by atoms with Crippen molar-refractivity contribution in [2.24, 2.45) is 13.0 Å². The Morgan fingerprint density at radius 1 is 1.30 bits per heavy atom. The largest absolute Gasteiger partial charge is 0.312 e. The van der Waals surface area contributed by atoms with Crippen LogP contribution in [0.4, 0.5) is 0 Å². The van der Waals surface area contributed by atoms with E-state index in [4.69, 9.17) is 0 Å². The highest BCUT2D eigenvalue weighted by Gasteiger charge is 2.05. The van der Waals surface area contributed by atoms with Crippen molar-refractivity contribution >= 4 is 0 Å². The van der Waals surface area contributed by atoms with Gasteiger partial charge in [0.2, 0.25) is 0 Å². The van der Waals surface area contributed by atoms with Crippen molar-refractivity contribution in [2.75, 3.05) is 6.54 Å². The van der Waals surface area contributed by atoms with Crippen molar-refractivity contribution in [3.8, 4) is 0 Å². The van der Waals surface area contributed by atoms with Crippen LogP contribution in [0.1, 0.15) is 30.7 Å². The fourth-order valence-corrected chi connectivity index (χ4v) is 2.19. The van der Waals surface area contributed by atoms with Gasteiger partial charge < -0.3 is 5.32 Å². The monoisotopic (exact) mass is 275 g/mol. The molecule has 0 spiro atoms. The molecule has 2 aromatic heterocycles.